The molecule has 0 amide bonds. The Morgan fingerprint density at radius 2 is 2.12 bits per heavy atom. The van der Waals surface area contributed by atoms with E-state index in [9.17, 15) is 14.7 Å². The van der Waals surface area contributed by atoms with Crippen molar-refractivity contribution >= 4 is 35.0 Å². The third kappa shape index (κ3) is 2.68. The number of ketones is 1. The van der Waals surface area contributed by atoms with Gasteiger partial charge in [-0.15, -0.1) is 0 Å². The lowest BCUT2D eigenvalue weighted by Gasteiger charge is -2.32. The molecule has 1 aromatic heterocycles. The number of rotatable bonds is 3. The number of carbonyl (C=O) groups excluding carboxylic acids is 1. The van der Waals surface area contributed by atoms with Gasteiger partial charge in [0.2, 0.25) is 0 Å². The van der Waals surface area contributed by atoms with Gasteiger partial charge in [0.25, 0.3) is 0 Å². The molecule has 0 fully saturated rings. The molecular weight excluding hydrogens is 338 g/mol. The summed E-state index contributed by atoms with van der Waals surface area (Å²) in [6, 6.07) is 6.19. The molecule has 1 aromatic carbocycles. The molecule has 0 saturated carbocycles. The molecule has 4 rings (SSSR count). The van der Waals surface area contributed by atoms with Crippen molar-refractivity contribution in [3.8, 4) is 0 Å². The number of Topliss-reactive ketones (excluding diaryl/α,β-unsaturated/α-hetero) is 1. The van der Waals surface area contributed by atoms with Gasteiger partial charge in [-0.3, -0.25) is 9.59 Å². The van der Waals surface area contributed by atoms with E-state index in [4.69, 9.17) is 0 Å². The Balaban J connectivity index is 1.84. The van der Waals surface area contributed by atoms with Crippen LogP contribution in [0.2, 0.25) is 0 Å². The smallest absolute Gasteiger partial charge is 0.316 e. The van der Waals surface area contributed by atoms with Crippen molar-refractivity contribution in [2.24, 2.45) is 5.92 Å². The van der Waals surface area contributed by atoms with Gasteiger partial charge >= 0.3 is 5.97 Å². The van der Waals surface area contributed by atoms with Crippen LogP contribution < -0.4 is 4.90 Å². The van der Waals surface area contributed by atoms with Crippen molar-refractivity contribution in [1.29, 1.82) is 0 Å². The zero-order chi connectivity index (χ0) is 17.6. The number of carboxylic acids is 1. The fourth-order valence-corrected chi connectivity index (χ4v) is 3.85. The van der Waals surface area contributed by atoms with Crippen LogP contribution >= 0.6 is 11.8 Å². The Bertz CT molecular complexity index is 884. The molecule has 0 bridgehead atoms. The van der Waals surface area contributed by atoms with Crippen LogP contribution in [0.3, 0.4) is 0 Å². The third-order valence-corrected chi connectivity index (χ3v) is 5.39. The molecule has 0 radical (unpaired) electrons. The molecular formula is C18H17N3O3S. The molecule has 0 saturated heterocycles. The zero-order valence-electron chi connectivity index (χ0n) is 13.7. The predicted octanol–water partition coefficient (Wildman–Crippen LogP) is 2.72. The molecule has 1 aliphatic heterocycles. The van der Waals surface area contributed by atoms with Gasteiger partial charge in [0.1, 0.15) is 11.7 Å². The SMILES string of the molecule is CSc1ncc2c(n1)N(c1ccc3c(c1)CCC3)CC(C(=O)O)C2=O. The molecule has 1 atom stereocenters. The maximum absolute atomic E-state index is 12.5. The van der Waals surface area contributed by atoms with Crippen LogP contribution in [0.1, 0.15) is 27.9 Å². The van der Waals surface area contributed by atoms with Crippen molar-refractivity contribution in [3.63, 3.8) is 0 Å². The fraction of sp³-hybridized carbons (Fsp3) is 0.333. The molecule has 2 heterocycles. The summed E-state index contributed by atoms with van der Waals surface area (Å²) in [7, 11) is 0. The van der Waals surface area contributed by atoms with Crippen LogP contribution in [-0.4, -0.2) is 39.6 Å². The first-order valence-corrected chi connectivity index (χ1v) is 9.38. The number of carboxylic acid groups (broad SMARTS) is 1. The lowest BCUT2D eigenvalue weighted by molar-refractivity contribution is -0.139. The van der Waals surface area contributed by atoms with Crippen LogP contribution in [0.25, 0.3) is 0 Å². The number of benzene rings is 1. The summed E-state index contributed by atoms with van der Waals surface area (Å²) in [4.78, 5) is 34.6. The Kier molecular flexibility index (Phi) is 3.95. The highest BCUT2D eigenvalue weighted by molar-refractivity contribution is 7.98. The van der Waals surface area contributed by atoms with Crippen molar-refractivity contribution in [2.75, 3.05) is 17.7 Å². The van der Waals surface area contributed by atoms with Gasteiger partial charge in [-0.2, -0.15) is 0 Å². The second kappa shape index (κ2) is 6.15. The summed E-state index contributed by atoms with van der Waals surface area (Å²) in [6.45, 7) is 0.0881. The summed E-state index contributed by atoms with van der Waals surface area (Å²) in [5.74, 6) is -2.15. The Morgan fingerprint density at radius 1 is 1.32 bits per heavy atom. The van der Waals surface area contributed by atoms with Crippen molar-refractivity contribution in [1.82, 2.24) is 9.97 Å². The van der Waals surface area contributed by atoms with Gasteiger partial charge in [0, 0.05) is 18.4 Å². The second-order valence-electron chi connectivity index (χ2n) is 6.27. The van der Waals surface area contributed by atoms with Gasteiger partial charge in [-0.1, -0.05) is 17.8 Å². The van der Waals surface area contributed by atoms with Crippen LogP contribution in [0.4, 0.5) is 11.5 Å². The Labute approximate surface area is 149 Å². The fourth-order valence-electron chi connectivity index (χ4n) is 3.52. The number of nitrogens with zero attached hydrogens (tertiary/aromatic N) is 3. The summed E-state index contributed by atoms with van der Waals surface area (Å²) >= 11 is 1.39. The number of fused-ring (bicyclic) bond motifs is 2. The standard InChI is InChI=1S/C18H17N3O3S/c1-25-18-19-8-13-15(22)14(17(23)24)9-21(16(13)20-18)12-6-5-10-3-2-4-11(10)7-12/h5-8,14H,2-4,9H2,1H3,(H,23,24). The van der Waals surface area contributed by atoms with E-state index in [0.29, 0.717) is 11.0 Å². The first kappa shape index (κ1) is 16.1. The summed E-state index contributed by atoms with van der Waals surface area (Å²) in [5.41, 5.74) is 3.80. The number of aliphatic carboxylic acids is 1. The molecule has 6 nitrogen and oxygen atoms in total. The number of carbonyl (C=O) groups is 2. The minimum Gasteiger partial charge on any atom is -0.481 e. The van der Waals surface area contributed by atoms with Crippen molar-refractivity contribution in [3.05, 3.63) is 41.1 Å². The highest BCUT2D eigenvalue weighted by Gasteiger charge is 2.38. The summed E-state index contributed by atoms with van der Waals surface area (Å²) in [6.07, 6.45) is 6.58. The highest BCUT2D eigenvalue weighted by atomic mass is 32.2. The zero-order valence-corrected chi connectivity index (χ0v) is 14.5. The third-order valence-electron chi connectivity index (χ3n) is 4.82. The van der Waals surface area contributed by atoms with Crippen LogP contribution in [0.5, 0.6) is 0 Å². The van der Waals surface area contributed by atoms with Gasteiger partial charge in [0.05, 0.1) is 5.56 Å². The summed E-state index contributed by atoms with van der Waals surface area (Å²) in [5, 5.41) is 10.0. The number of hydrogen-bond donors (Lipinski definition) is 1. The molecule has 2 aliphatic rings. The van der Waals surface area contributed by atoms with E-state index in [1.54, 1.807) is 0 Å². The monoisotopic (exact) mass is 355 g/mol. The van der Waals surface area contributed by atoms with Gasteiger partial charge in [-0.05, 0) is 48.8 Å². The van der Waals surface area contributed by atoms with Crippen LogP contribution in [0, 0.1) is 5.92 Å². The average Bonchev–Trinajstić information content (AvgIpc) is 3.09. The maximum atomic E-state index is 12.5. The van der Waals surface area contributed by atoms with Crippen LogP contribution in [0.15, 0.2) is 29.6 Å². The summed E-state index contributed by atoms with van der Waals surface area (Å²) < 4.78 is 0. The Morgan fingerprint density at radius 3 is 2.88 bits per heavy atom. The second-order valence-corrected chi connectivity index (χ2v) is 7.04. The number of aryl methyl sites for hydroxylation is 2. The van der Waals surface area contributed by atoms with Gasteiger partial charge in [0.15, 0.2) is 10.9 Å². The van der Waals surface area contributed by atoms with E-state index >= 15 is 0 Å². The molecule has 0 spiro atoms. The van der Waals surface area contributed by atoms with Crippen LogP contribution in [-0.2, 0) is 17.6 Å². The topological polar surface area (TPSA) is 83.4 Å². The number of aromatic nitrogens is 2. The highest BCUT2D eigenvalue weighted by Crippen LogP contribution is 2.36. The quantitative estimate of drug-likeness (QED) is 0.515. The van der Waals surface area contributed by atoms with E-state index in [1.807, 2.05) is 17.2 Å². The predicted molar refractivity (Wildman–Crippen MR) is 94.7 cm³/mol. The van der Waals surface area contributed by atoms with Crippen molar-refractivity contribution < 1.29 is 14.7 Å². The normalized spacial score (nSPS) is 18.8. The number of anilines is 2. The first-order valence-electron chi connectivity index (χ1n) is 8.16. The Hall–Kier alpha value is -2.41. The minimum atomic E-state index is -1.12. The molecule has 1 unspecified atom stereocenters. The molecule has 1 aliphatic carbocycles. The molecule has 1 N–H and O–H groups in total. The largest absolute Gasteiger partial charge is 0.481 e. The van der Waals surface area contributed by atoms with Crippen molar-refractivity contribution in [2.45, 2.75) is 24.4 Å². The molecule has 128 valence electrons. The number of thioether (sulfide) groups is 1. The first-order chi connectivity index (χ1) is 12.1. The minimum absolute atomic E-state index is 0.0881. The van der Waals surface area contributed by atoms with E-state index < -0.39 is 17.7 Å². The lowest BCUT2D eigenvalue weighted by atomic mass is 9.93. The van der Waals surface area contributed by atoms with E-state index in [-0.39, 0.29) is 12.1 Å². The average molecular weight is 355 g/mol. The lowest BCUT2D eigenvalue weighted by Crippen LogP contribution is -2.41. The molecule has 2 aromatic rings. The van der Waals surface area contributed by atoms with E-state index in [2.05, 4.69) is 22.1 Å². The van der Waals surface area contributed by atoms with E-state index in [0.717, 1.165) is 24.9 Å². The van der Waals surface area contributed by atoms with E-state index in [1.165, 1.54) is 29.1 Å². The van der Waals surface area contributed by atoms with Gasteiger partial charge in [-0.25, -0.2) is 9.97 Å². The maximum Gasteiger partial charge on any atom is 0.316 e. The van der Waals surface area contributed by atoms with Gasteiger partial charge < -0.3 is 10.0 Å². The molecule has 25 heavy (non-hydrogen) atoms. The molecule has 7 heteroatoms. The number of hydrogen-bond acceptors (Lipinski definition) is 6.